The number of halogens is 1. The van der Waals surface area contributed by atoms with Gasteiger partial charge in [0, 0.05) is 44.5 Å². The second-order valence-corrected chi connectivity index (χ2v) is 12.6. The third-order valence-electron chi connectivity index (χ3n) is 6.51. The van der Waals surface area contributed by atoms with Crippen molar-refractivity contribution in [3.63, 3.8) is 0 Å². The van der Waals surface area contributed by atoms with Crippen LogP contribution in [0.15, 0.2) is 30.3 Å². The maximum absolute atomic E-state index is 12.9. The highest BCUT2D eigenvalue weighted by molar-refractivity contribution is 7.92. The Labute approximate surface area is 207 Å². The predicted octanol–water partition coefficient (Wildman–Crippen LogP) is 1.96. The smallest absolute Gasteiger partial charge is 0.264 e. The number of hydrogen-bond acceptors (Lipinski definition) is 7. The molecule has 0 bridgehead atoms. The van der Waals surface area contributed by atoms with E-state index in [2.05, 4.69) is 11.8 Å². The molecule has 4 rings (SSSR count). The lowest BCUT2D eigenvalue weighted by atomic mass is 10.1. The molecular formula is C24H26FN3O5S2. The Morgan fingerprint density at radius 2 is 1.97 bits per heavy atom. The van der Waals surface area contributed by atoms with Crippen LogP contribution in [0.2, 0.25) is 0 Å². The molecule has 1 fully saturated rings. The first-order valence-corrected chi connectivity index (χ1v) is 13.7. The largest absolute Gasteiger partial charge is 0.333 e. The number of nitrogens with one attached hydrogen (secondary N) is 1. The number of hydrogen-bond donors (Lipinski definition) is 2. The number of carbonyl (C=O) groups excluding carboxylic acids is 2. The number of thiophene rings is 1. The second-order valence-electron chi connectivity index (χ2n) is 9.12. The van der Waals surface area contributed by atoms with Gasteiger partial charge in [0.05, 0.1) is 9.75 Å². The molecule has 2 aromatic rings. The highest BCUT2D eigenvalue weighted by atomic mass is 32.2. The molecule has 0 saturated carbocycles. The first kappa shape index (κ1) is 25.3. The summed E-state index contributed by atoms with van der Waals surface area (Å²) in [5, 5.41) is 8.95. The van der Waals surface area contributed by atoms with Crippen LogP contribution in [0.1, 0.15) is 44.6 Å². The van der Waals surface area contributed by atoms with Gasteiger partial charge < -0.3 is 4.90 Å². The molecule has 1 aromatic carbocycles. The van der Waals surface area contributed by atoms with E-state index in [1.54, 1.807) is 0 Å². The van der Waals surface area contributed by atoms with Crippen LogP contribution in [0.4, 0.5) is 4.39 Å². The molecule has 2 aliphatic heterocycles. The van der Waals surface area contributed by atoms with Crippen LogP contribution in [-0.2, 0) is 27.7 Å². The molecule has 35 heavy (non-hydrogen) atoms. The SMILES string of the molecule is C[C@@](CCN1Cc2cc(C#Cc3ccc(CN4CC(F)C4)cc3)sc2C1=O)(C(=O)NO)S(C)(=O)=O. The molecule has 1 atom stereocenters. The molecule has 186 valence electrons. The zero-order chi connectivity index (χ0) is 25.4. The van der Waals surface area contributed by atoms with Crippen LogP contribution >= 0.6 is 11.3 Å². The molecule has 3 heterocycles. The number of carbonyl (C=O) groups is 2. The van der Waals surface area contributed by atoms with Gasteiger partial charge in [-0.15, -0.1) is 11.3 Å². The van der Waals surface area contributed by atoms with Crippen molar-refractivity contribution >= 4 is 33.0 Å². The molecule has 0 spiro atoms. The maximum atomic E-state index is 12.9. The zero-order valence-electron chi connectivity index (χ0n) is 19.4. The van der Waals surface area contributed by atoms with Crippen LogP contribution in [0, 0.1) is 11.8 Å². The fourth-order valence-corrected chi connectivity index (χ4v) is 5.88. The molecule has 8 nitrogen and oxygen atoms in total. The highest BCUT2D eigenvalue weighted by Gasteiger charge is 2.44. The van der Waals surface area contributed by atoms with Crippen molar-refractivity contribution in [1.29, 1.82) is 0 Å². The normalized spacial score (nSPS) is 17.8. The summed E-state index contributed by atoms with van der Waals surface area (Å²) in [5.41, 5.74) is 4.17. The molecule has 2 amide bonds. The molecule has 2 aliphatic rings. The van der Waals surface area contributed by atoms with Gasteiger partial charge in [-0.25, -0.2) is 18.3 Å². The van der Waals surface area contributed by atoms with Gasteiger partial charge in [0.1, 0.15) is 6.17 Å². The summed E-state index contributed by atoms with van der Waals surface area (Å²) in [4.78, 5) is 29.7. The van der Waals surface area contributed by atoms with Gasteiger partial charge in [-0.3, -0.25) is 19.7 Å². The van der Waals surface area contributed by atoms with E-state index in [1.807, 2.05) is 35.2 Å². The quantitative estimate of drug-likeness (QED) is 0.329. The van der Waals surface area contributed by atoms with Gasteiger partial charge >= 0.3 is 0 Å². The summed E-state index contributed by atoms with van der Waals surface area (Å²) in [5.74, 6) is 4.93. The summed E-state index contributed by atoms with van der Waals surface area (Å²) >= 11 is 1.28. The van der Waals surface area contributed by atoms with Gasteiger partial charge in [-0.05, 0) is 42.7 Å². The van der Waals surface area contributed by atoms with Crippen molar-refractivity contribution < 1.29 is 27.6 Å². The highest BCUT2D eigenvalue weighted by Crippen LogP contribution is 2.32. The Bertz CT molecular complexity index is 1310. The number of rotatable bonds is 7. The van der Waals surface area contributed by atoms with E-state index in [4.69, 9.17) is 5.21 Å². The van der Waals surface area contributed by atoms with E-state index in [0.717, 1.165) is 34.4 Å². The van der Waals surface area contributed by atoms with E-state index in [1.165, 1.54) is 28.6 Å². The minimum absolute atomic E-state index is 0.0496. The summed E-state index contributed by atoms with van der Waals surface area (Å²) in [6.07, 6.45) is 0.0660. The third-order valence-corrected chi connectivity index (χ3v) is 9.62. The number of alkyl halides is 1. The first-order chi connectivity index (χ1) is 16.5. The average molecular weight is 520 g/mol. The van der Waals surface area contributed by atoms with Gasteiger partial charge in [-0.2, -0.15) is 0 Å². The Balaban J connectivity index is 1.37. The van der Waals surface area contributed by atoms with Crippen LogP contribution in [-0.4, -0.2) is 72.0 Å². The zero-order valence-corrected chi connectivity index (χ0v) is 21.0. The van der Waals surface area contributed by atoms with Crippen LogP contribution in [0.5, 0.6) is 0 Å². The molecule has 0 aliphatic carbocycles. The van der Waals surface area contributed by atoms with Crippen molar-refractivity contribution in [2.75, 3.05) is 25.9 Å². The molecule has 1 aromatic heterocycles. The van der Waals surface area contributed by atoms with E-state index >= 15 is 0 Å². The Hall–Kier alpha value is -2.78. The molecule has 0 unspecified atom stereocenters. The van der Waals surface area contributed by atoms with Crippen LogP contribution in [0.3, 0.4) is 0 Å². The van der Waals surface area contributed by atoms with Crippen molar-refractivity contribution in [3.05, 3.63) is 56.8 Å². The van der Waals surface area contributed by atoms with Gasteiger partial charge in [0.15, 0.2) is 14.6 Å². The Kier molecular flexibility index (Phi) is 7.02. The summed E-state index contributed by atoms with van der Waals surface area (Å²) in [6.45, 7) is 3.27. The van der Waals surface area contributed by atoms with Gasteiger partial charge in [0.25, 0.3) is 11.8 Å². The number of hydroxylamine groups is 1. The lowest BCUT2D eigenvalue weighted by Gasteiger charge is -2.34. The maximum Gasteiger partial charge on any atom is 0.264 e. The summed E-state index contributed by atoms with van der Waals surface area (Å²) in [6, 6.07) is 9.65. The van der Waals surface area contributed by atoms with E-state index < -0.39 is 26.7 Å². The lowest BCUT2D eigenvalue weighted by Crippen LogP contribution is -2.50. The average Bonchev–Trinajstić information content (AvgIpc) is 3.33. The number of benzene rings is 1. The van der Waals surface area contributed by atoms with Crippen molar-refractivity contribution in [2.45, 2.75) is 37.4 Å². The molecule has 11 heteroatoms. The minimum atomic E-state index is -3.83. The monoisotopic (exact) mass is 519 g/mol. The third kappa shape index (κ3) is 5.26. The molecular weight excluding hydrogens is 493 g/mol. The molecule has 1 saturated heterocycles. The second kappa shape index (κ2) is 9.70. The predicted molar refractivity (Wildman–Crippen MR) is 129 cm³/mol. The lowest BCUT2D eigenvalue weighted by molar-refractivity contribution is -0.131. The summed E-state index contributed by atoms with van der Waals surface area (Å²) < 4.78 is 35.4. The van der Waals surface area contributed by atoms with Crippen molar-refractivity contribution in [1.82, 2.24) is 15.3 Å². The van der Waals surface area contributed by atoms with Crippen molar-refractivity contribution in [3.8, 4) is 11.8 Å². The topological polar surface area (TPSA) is 107 Å². The van der Waals surface area contributed by atoms with Gasteiger partial charge in [-0.1, -0.05) is 24.0 Å². The fraction of sp³-hybridized carbons (Fsp3) is 0.417. The van der Waals surface area contributed by atoms with Crippen LogP contribution in [0.25, 0.3) is 0 Å². The Morgan fingerprint density at radius 3 is 2.54 bits per heavy atom. The standard InChI is InChI=1S/C24H26FN3O5S2/c1-24(23(30)26-31,35(2,32)33)9-10-28-13-18-11-20(34-21(18)22(28)29)8-7-16-3-5-17(6-4-16)12-27-14-19(25)15-27/h3-6,11,19,31H,9-10,12-15H2,1-2H3,(H,26,30)/t24-/m1/s1. The number of likely N-dealkylation sites (tertiary alicyclic amines) is 1. The number of nitrogens with zero attached hydrogens (tertiary/aromatic N) is 2. The number of amides is 2. The van der Waals surface area contributed by atoms with Crippen LogP contribution < -0.4 is 5.48 Å². The minimum Gasteiger partial charge on any atom is -0.333 e. The van der Waals surface area contributed by atoms with Gasteiger partial charge in [0.2, 0.25) is 0 Å². The fourth-order valence-electron chi connectivity index (χ4n) is 4.05. The Morgan fingerprint density at radius 1 is 1.29 bits per heavy atom. The number of sulfone groups is 1. The van der Waals surface area contributed by atoms with Crippen molar-refractivity contribution in [2.24, 2.45) is 0 Å². The first-order valence-electron chi connectivity index (χ1n) is 11.0. The molecule has 0 radical (unpaired) electrons. The molecule has 2 N–H and O–H groups in total. The van der Waals surface area contributed by atoms with E-state index in [-0.39, 0.29) is 18.9 Å². The van der Waals surface area contributed by atoms with E-state index in [9.17, 15) is 22.4 Å². The number of fused-ring (bicyclic) bond motifs is 1. The summed E-state index contributed by atoms with van der Waals surface area (Å²) in [7, 11) is -3.83. The van der Waals surface area contributed by atoms with E-state index in [0.29, 0.717) is 24.5 Å².